The van der Waals surface area contributed by atoms with E-state index >= 15 is 0 Å². The van der Waals surface area contributed by atoms with Crippen LogP contribution in [-0.2, 0) is 4.79 Å². The van der Waals surface area contributed by atoms with Crippen LogP contribution in [0.25, 0.3) is 0 Å². The van der Waals surface area contributed by atoms with E-state index in [1.807, 2.05) is 5.43 Å². The maximum Gasteiger partial charge on any atom is 0.335 e. The van der Waals surface area contributed by atoms with Gasteiger partial charge in [-0.05, 0) is 24.3 Å². The lowest BCUT2D eigenvalue weighted by Crippen LogP contribution is -2.31. The summed E-state index contributed by atoms with van der Waals surface area (Å²) in [5.74, 6) is 3.88. The highest BCUT2D eigenvalue weighted by molar-refractivity contribution is 8.00. The molecule has 0 heterocycles. The van der Waals surface area contributed by atoms with E-state index < -0.39 is 5.97 Å². The molecule has 0 saturated heterocycles. The number of rotatable bonds is 4. The Kier molecular flexibility index (Phi) is 4.14. The Labute approximate surface area is 90.6 Å². The summed E-state index contributed by atoms with van der Waals surface area (Å²) in [5.41, 5.74) is 2.24. The van der Waals surface area contributed by atoms with Gasteiger partial charge in [-0.2, -0.15) is 0 Å². The number of carboxylic acid groups (broad SMARTS) is 1. The van der Waals surface area contributed by atoms with Crippen LogP contribution in [0.4, 0.5) is 0 Å². The molecule has 0 atom stereocenters. The van der Waals surface area contributed by atoms with Crippen LogP contribution in [0.15, 0.2) is 29.2 Å². The minimum absolute atomic E-state index is 0.211. The molecule has 0 aliphatic heterocycles. The third kappa shape index (κ3) is 3.61. The molecule has 0 saturated carbocycles. The Balaban J connectivity index is 2.57. The topological polar surface area (TPSA) is 92.4 Å². The van der Waals surface area contributed by atoms with Crippen LogP contribution in [-0.4, -0.2) is 22.7 Å². The van der Waals surface area contributed by atoms with Crippen molar-refractivity contribution in [2.24, 2.45) is 5.84 Å². The lowest BCUT2D eigenvalue weighted by molar-refractivity contribution is -0.118. The van der Waals surface area contributed by atoms with Crippen LogP contribution >= 0.6 is 11.8 Å². The summed E-state index contributed by atoms with van der Waals surface area (Å²) in [6.45, 7) is 0. The van der Waals surface area contributed by atoms with Gasteiger partial charge >= 0.3 is 5.97 Å². The number of carbonyl (C=O) groups excluding carboxylic acids is 1. The highest BCUT2D eigenvalue weighted by atomic mass is 32.2. The molecule has 80 valence electrons. The van der Waals surface area contributed by atoms with Gasteiger partial charge in [0.25, 0.3) is 0 Å². The lowest BCUT2D eigenvalue weighted by atomic mass is 10.2. The molecule has 1 amide bonds. The molecular weight excluding hydrogens is 216 g/mol. The third-order valence-corrected chi connectivity index (χ3v) is 2.64. The summed E-state index contributed by atoms with van der Waals surface area (Å²) >= 11 is 1.29. The number of aromatic carboxylic acids is 1. The summed E-state index contributed by atoms with van der Waals surface area (Å²) in [5, 5.41) is 8.64. The van der Waals surface area contributed by atoms with Crippen molar-refractivity contribution in [3.05, 3.63) is 29.8 Å². The fraction of sp³-hybridized carbons (Fsp3) is 0.111. The third-order valence-electron chi connectivity index (χ3n) is 1.63. The molecule has 0 bridgehead atoms. The smallest absolute Gasteiger partial charge is 0.335 e. The van der Waals surface area contributed by atoms with Crippen molar-refractivity contribution in [2.75, 3.05) is 5.75 Å². The molecule has 5 nitrogen and oxygen atoms in total. The van der Waals surface area contributed by atoms with Crippen molar-refractivity contribution in [3.63, 3.8) is 0 Å². The maximum atomic E-state index is 10.8. The number of amides is 1. The Morgan fingerprint density at radius 1 is 1.33 bits per heavy atom. The molecule has 0 spiro atoms. The molecule has 15 heavy (non-hydrogen) atoms. The second kappa shape index (κ2) is 5.38. The summed E-state index contributed by atoms with van der Waals surface area (Å²) < 4.78 is 0. The average molecular weight is 226 g/mol. The molecule has 4 N–H and O–H groups in total. The molecule has 0 radical (unpaired) electrons. The molecule has 0 fully saturated rings. The SMILES string of the molecule is NNC(=O)CSc1ccc(C(=O)O)cc1. The number of hydrogen-bond acceptors (Lipinski definition) is 4. The minimum Gasteiger partial charge on any atom is -0.478 e. The highest BCUT2D eigenvalue weighted by Crippen LogP contribution is 2.17. The lowest BCUT2D eigenvalue weighted by Gasteiger charge is -2.01. The Hall–Kier alpha value is -1.53. The number of hydrogen-bond donors (Lipinski definition) is 3. The van der Waals surface area contributed by atoms with Gasteiger partial charge in [-0.1, -0.05) is 0 Å². The van der Waals surface area contributed by atoms with Crippen molar-refractivity contribution >= 4 is 23.6 Å². The highest BCUT2D eigenvalue weighted by Gasteiger charge is 2.03. The van der Waals surface area contributed by atoms with Gasteiger partial charge in [-0.3, -0.25) is 10.2 Å². The van der Waals surface area contributed by atoms with E-state index in [9.17, 15) is 9.59 Å². The summed E-state index contributed by atoms with van der Waals surface area (Å²) in [6, 6.07) is 6.28. The van der Waals surface area contributed by atoms with Gasteiger partial charge in [0.05, 0.1) is 11.3 Å². The Morgan fingerprint density at radius 3 is 2.40 bits per heavy atom. The van der Waals surface area contributed by atoms with Gasteiger partial charge in [0.15, 0.2) is 0 Å². The quantitative estimate of drug-likeness (QED) is 0.300. The monoisotopic (exact) mass is 226 g/mol. The van der Waals surface area contributed by atoms with Crippen molar-refractivity contribution in [3.8, 4) is 0 Å². The van der Waals surface area contributed by atoms with Gasteiger partial charge < -0.3 is 5.11 Å². The second-order valence-corrected chi connectivity index (χ2v) is 3.73. The Bertz CT molecular complexity index is 364. The van der Waals surface area contributed by atoms with E-state index in [2.05, 4.69) is 0 Å². The molecule has 0 aliphatic rings. The molecule has 1 aromatic rings. The number of benzene rings is 1. The molecular formula is C9H10N2O3S. The van der Waals surface area contributed by atoms with Gasteiger partial charge in [-0.15, -0.1) is 11.8 Å². The van der Waals surface area contributed by atoms with Crippen molar-refractivity contribution < 1.29 is 14.7 Å². The molecule has 6 heteroatoms. The molecule has 1 rings (SSSR count). The maximum absolute atomic E-state index is 10.8. The number of nitrogens with two attached hydrogens (primary N) is 1. The largest absolute Gasteiger partial charge is 0.478 e. The van der Waals surface area contributed by atoms with Crippen molar-refractivity contribution in [1.29, 1.82) is 0 Å². The molecule has 0 unspecified atom stereocenters. The summed E-state index contributed by atoms with van der Waals surface area (Å²) in [4.78, 5) is 22.2. The predicted molar refractivity (Wildman–Crippen MR) is 56.5 cm³/mol. The normalized spacial score (nSPS) is 9.67. The molecule has 0 aliphatic carbocycles. The number of hydrazine groups is 1. The van der Waals surface area contributed by atoms with Gasteiger partial charge in [0, 0.05) is 4.90 Å². The number of carboxylic acids is 1. The van der Waals surface area contributed by atoms with Gasteiger partial charge in [0.2, 0.25) is 5.91 Å². The molecule has 0 aromatic heterocycles. The first-order valence-electron chi connectivity index (χ1n) is 4.09. The van der Waals surface area contributed by atoms with E-state index in [4.69, 9.17) is 10.9 Å². The summed E-state index contributed by atoms with van der Waals surface area (Å²) in [7, 11) is 0. The van der Waals surface area contributed by atoms with Crippen LogP contribution in [0.1, 0.15) is 10.4 Å². The van der Waals surface area contributed by atoms with Crippen LogP contribution in [0.5, 0.6) is 0 Å². The Morgan fingerprint density at radius 2 is 1.93 bits per heavy atom. The fourth-order valence-electron chi connectivity index (χ4n) is 0.884. The van der Waals surface area contributed by atoms with Crippen molar-refractivity contribution in [2.45, 2.75) is 4.90 Å². The first kappa shape index (κ1) is 11.5. The first-order chi connectivity index (χ1) is 7.13. The fourth-order valence-corrected chi connectivity index (χ4v) is 1.59. The van der Waals surface area contributed by atoms with E-state index in [1.165, 1.54) is 23.9 Å². The average Bonchev–Trinajstić information content (AvgIpc) is 2.26. The second-order valence-electron chi connectivity index (χ2n) is 2.69. The number of nitrogens with one attached hydrogen (secondary N) is 1. The van der Waals surface area contributed by atoms with E-state index in [0.29, 0.717) is 0 Å². The standard InChI is InChI=1S/C9H10N2O3S/c10-11-8(12)5-15-7-3-1-6(2-4-7)9(13)14/h1-4H,5,10H2,(H,11,12)(H,13,14). The zero-order valence-corrected chi connectivity index (χ0v) is 8.58. The van der Waals surface area contributed by atoms with Crippen LogP contribution < -0.4 is 11.3 Å². The van der Waals surface area contributed by atoms with E-state index in [-0.39, 0.29) is 17.2 Å². The minimum atomic E-state index is -0.966. The zero-order valence-electron chi connectivity index (χ0n) is 7.77. The van der Waals surface area contributed by atoms with Crippen LogP contribution in [0, 0.1) is 0 Å². The summed E-state index contributed by atoms with van der Waals surface area (Å²) in [6.07, 6.45) is 0. The van der Waals surface area contributed by atoms with Gasteiger partial charge in [-0.25, -0.2) is 10.6 Å². The van der Waals surface area contributed by atoms with E-state index in [0.717, 1.165) is 4.90 Å². The number of thioether (sulfide) groups is 1. The molecule has 1 aromatic carbocycles. The first-order valence-corrected chi connectivity index (χ1v) is 5.07. The van der Waals surface area contributed by atoms with Crippen LogP contribution in [0.2, 0.25) is 0 Å². The predicted octanol–water partition coefficient (Wildman–Crippen LogP) is 0.467. The van der Waals surface area contributed by atoms with Crippen molar-refractivity contribution in [1.82, 2.24) is 5.43 Å². The zero-order chi connectivity index (χ0) is 11.3. The number of carbonyl (C=O) groups is 2. The van der Waals surface area contributed by atoms with E-state index in [1.54, 1.807) is 12.1 Å². The van der Waals surface area contributed by atoms with Crippen LogP contribution in [0.3, 0.4) is 0 Å². The van der Waals surface area contributed by atoms with Gasteiger partial charge in [0.1, 0.15) is 0 Å².